The van der Waals surface area contributed by atoms with E-state index < -0.39 is 5.82 Å². The molecule has 0 unspecified atom stereocenters. The van der Waals surface area contributed by atoms with Crippen LogP contribution in [0, 0.1) is 17.7 Å². The van der Waals surface area contributed by atoms with Crippen LogP contribution >= 0.6 is 11.6 Å². The number of hydrogen-bond donors (Lipinski definition) is 2. The molecule has 5 heteroatoms. The molecule has 1 saturated carbocycles. The number of allylic oxidation sites excluding steroid dienone is 6. The number of rotatable bonds is 10. The third-order valence-electron chi connectivity index (χ3n) is 5.13. The van der Waals surface area contributed by atoms with Gasteiger partial charge in [-0.1, -0.05) is 62.9 Å². The summed E-state index contributed by atoms with van der Waals surface area (Å²) in [6, 6.07) is 3.17. The molecule has 0 saturated heterocycles. The largest absolute Gasteiger partial charge is 0.356 e. The smallest absolute Gasteiger partial charge is 0.222 e. The van der Waals surface area contributed by atoms with Gasteiger partial charge in [0.1, 0.15) is 5.82 Å². The molecule has 1 fully saturated rings. The number of hydrogen-bond acceptors (Lipinski definition) is 2. The topological polar surface area (TPSA) is 41.1 Å². The van der Waals surface area contributed by atoms with Gasteiger partial charge in [-0.2, -0.15) is 0 Å². The van der Waals surface area contributed by atoms with E-state index in [-0.39, 0.29) is 29.0 Å². The summed E-state index contributed by atoms with van der Waals surface area (Å²) in [6.07, 6.45) is 10.9. The zero-order chi connectivity index (χ0) is 23.1. The molecule has 2 N–H and O–H groups in total. The van der Waals surface area contributed by atoms with E-state index in [0.29, 0.717) is 17.0 Å². The Labute approximate surface area is 190 Å². The lowest BCUT2D eigenvalue weighted by atomic mass is 10.1. The molecule has 1 aliphatic carbocycles. The first-order valence-electron chi connectivity index (χ1n) is 10.5. The van der Waals surface area contributed by atoms with Crippen LogP contribution in [0.1, 0.15) is 51.7 Å². The molecular weight excluding hydrogens is 411 g/mol. The van der Waals surface area contributed by atoms with E-state index in [0.717, 1.165) is 17.1 Å². The number of benzene rings is 1. The molecule has 0 heterocycles. The molecule has 2 rings (SSSR count). The number of carbonyl (C=O) groups excluding carboxylic acids is 1. The van der Waals surface area contributed by atoms with E-state index in [9.17, 15) is 4.79 Å². The van der Waals surface area contributed by atoms with Gasteiger partial charge in [0.15, 0.2) is 0 Å². The van der Waals surface area contributed by atoms with Crippen molar-refractivity contribution in [3.05, 3.63) is 88.4 Å². The highest BCUT2D eigenvalue weighted by Crippen LogP contribution is 2.30. The number of amides is 1. The molecule has 0 bridgehead atoms. The van der Waals surface area contributed by atoms with Gasteiger partial charge in [-0.3, -0.25) is 4.79 Å². The minimum absolute atomic E-state index is 0.0820. The van der Waals surface area contributed by atoms with Gasteiger partial charge in [0.25, 0.3) is 0 Å². The van der Waals surface area contributed by atoms with Crippen molar-refractivity contribution in [3.63, 3.8) is 0 Å². The van der Waals surface area contributed by atoms with Gasteiger partial charge in [0, 0.05) is 29.4 Å². The molecular formula is C26H32ClFN2O. The maximum Gasteiger partial charge on any atom is 0.222 e. The summed E-state index contributed by atoms with van der Waals surface area (Å²) in [4.78, 5) is 11.8. The van der Waals surface area contributed by atoms with E-state index >= 15 is 4.39 Å². The van der Waals surface area contributed by atoms with Crippen LogP contribution in [-0.4, -0.2) is 5.91 Å². The van der Waals surface area contributed by atoms with Gasteiger partial charge < -0.3 is 10.6 Å². The Balaban J connectivity index is 2.08. The predicted molar refractivity (Wildman–Crippen MR) is 129 cm³/mol. The highest BCUT2D eigenvalue weighted by molar-refractivity contribution is 6.32. The fraction of sp³-hybridized carbons (Fsp3) is 0.346. The molecule has 1 aromatic carbocycles. The van der Waals surface area contributed by atoms with E-state index in [1.165, 1.54) is 12.8 Å². The van der Waals surface area contributed by atoms with Crippen LogP contribution in [0.2, 0.25) is 5.02 Å². The van der Waals surface area contributed by atoms with Crippen LogP contribution in [0.3, 0.4) is 0 Å². The second kappa shape index (κ2) is 11.1. The Kier molecular flexibility index (Phi) is 8.88. The molecule has 1 aliphatic rings. The Hall–Kier alpha value is -2.59. The van der Waals surface area contributed by atoms with Crippen LogP contribution in [0.4, 0.5) is 4.39 Å². The summed E-state index contributed by atoms with van der Waals surface area (Å²) in [5, 5.41) is 6.00. The normalized spacial score (nSPS) is 14.8. The first kappa shape index (κ1) is 24.7. The van der Waals surface area contributed by atoms with Crippen LogP contribution < -0.4 is 10.6 Å². The van der Waals surface area contributed by atoms with Gasteiger partial charge in [-0.25, -0.2) is 4.39 Å². The summed E-state index contributed by atoms with van der Waals surface area (Å²) in [5.41, 5.74) is 3.57. The molecule has 166 valence electrons. The van der Waals surface area contributed by atoms with Crippen molar-refractivity contribution in [1.82, 2.24) is 10.6 Å². The van der Waals surface area contributed by atoms with Crippen molar-refractivity contribution in [3.8, 4) is 0 Å². The second-order valence-electron chi connectivity index (χ2n) is 8.30. The Bertz CT molecular complexity index is 952. The standard InChI is InChI=1S/C26H32ClFN2O/c1-16(2)26(31)29-15-22-12-13-23(27)24(25(22)28)20(6)30-19(5)14-18(4)17(3)8-7-9-21-10-11-21/h7-9,12-14,16,21,30H,5-6,10-11,15H2,1-4H3,(H,29,31)/b9-7+,17-8+,18-14+. The van der Waals surface area contributed by atoms with Crippen LogP contribution in [-0.2, 0) is 11.3 Å². The van der Waals surface area contributed by atoms with Crippen molar-refractivity contribution in [2.45, 2.75) is 47.1 Å². The fourth-order valence-electron chi connectivity index (χ4n) is 2.84. The molecule has 1 aromatic rings. The zero-order valence-corrected chi connectivity index (χ0v) is 19.6. The molecule has 0 spiro atoms. The van der Waals surface area contributed by atoms with E-state index in [1.807, 2.05) is 19.9 Å². The van der Waals surface area contributed by atoms with E-state index in [1.54, 1.807) is 26.0 Å². The molecule has 3 nitrogen and oxygen atoms in total. The van der Waals surface area contributed by atoms with Gasteiger partial charge in [-0.15, -0.1) is 0 Å². The first-order chi connectivity index (χ1) is 14.6. The summed E-state index contributed by atoms with van der Waals surface area (Å²) in [6.45, 7) is 15.6. The minimum Gasteiger partial charge on any atom is -0.356 e. The zero-order valence-electron chi connectivity index (χ0n) is 18.8. The third-order valence-corrected chi connectivity index (χ3v) is 5.44. The predicted octanol–water partition coefficient (Wildman–Crippen LogP) is 6.68. The first-order valence-corrected chi connectivity index (χ1v) is 10.9. The average Bonchev–Trinajstić information content (AvgIpc) is 3.51. The molecule has 0 radical (unpaired) electrons. The van der Waals surface area contributed by atoms with Crippen molar-refractivity contribution in [1.29, 1.82) is 0 Å². The maximum atomic E-state index is 15.1. The Morgan fingerprint density at radius 1 is 1.26 bits per heavy atom. The molecule has 0 aliphatic heterocycles. The fourth-order valence-corrected chi connectivity index (χ4v) is 3.10. The third kappa shape index (κ3) is 7.55. The highest BCUT2D eigenvalue weighted by atomic mass is 35.5. The lowest BCUT2D eigenvalue weighted by Crippen LogP contribution is -2.27. The van der Waals surface area contributed by atoms with Gasteiger partial charge >= 0.3 is 0 Å². The molecule has 0 aromatic heterocycles. The monoisotopic (exact) mass is 442 g/mol. The van der Waals surface area contributed by atoms with Crippen molar-refractivity contribution >= 4 is 23.2 Å². The molecule has 1 amide bonds. The quantitative estimate of drug-likeness (QED) is 0.396. The van der Waals surface area contributed by atoms with Crippen molar-refractivity contribution in [2.24, 2.45) is 11.8 Å². The highest BCUT2D eigenvalue weighted by Gasteiger charge is 2.17. The number of halogens is 2. The van der Waals surface area contributed by atoms with Crippen LogP contribution in [0.5, 0.6) is 0 Å². The summed E-state index contributed by atoms with van der Waals surface area (Å²) in [7, 11) is 0. The van der Waals surface area contributed by atoms with E-state index in [4.69, 9.17) is 11.6 Å². The van der Waals surface area contributed by atoms with Gasteiger partial charge in [0.2, 0.25) is 5.91 Å². The summed E-state index contributed by atoms with van der Waals surface area (Å²) >= 11 is 6.25. The summed E-state index contributed by atoms with van der Waals surface area (Å²) in [5.74, 6) is -0.0880. The molecule has 0 atom stereocenters. The van der Waals surface area contributed by atoms with Crippen LogP contribution in [0.15, 0.2) is 66.4 Å². The summed E-state index contributed by atoms with van der Waals surface area (Å²) < 4.78 is 15.1. The van der Waals surface area contributed by atoms with E-state index in [2.05, 4.69) is 42.0 Å². The lowest BCUT2D eigenvalue weighted by molar-refractivity contribution is -0.124. The Morgan fingerprint density at radius 2 is 1.94 bits per heavy atom. The van der Waals surface area contributed by atoms with Gasteiger partial charge in [-0.05, 0) is 55.9 Å². The van der Waals surface area contributed by atoms with Crippen LogP contribution in [0.25, 0.3) is 5.70 Å². The minimum atomic E-state index is -0.510. The maximum absolute atomic E-state index is 15.1. The number of nitrogens with one attached hydrogen (secondary N) is 2. The van der Waals surface area contributed by atoms with Gasteiger partial charge in [0.05, 0.1) is 10.6 Å². The SMILES string of the molecule is C=C(/C=C(C)/C(C)=C/C=C/C1CC1)NC(=C)c1c(Cl)ccc(CNC(=O)C(C)C)c1F. The lowest BCUT2D eigenvalue weighted by Gasteiger charge is -2.16. The van der Waals surface area contributed by atoms with Crippen molar-refractivity contribution in [2.75, 3.05) is 0 Å². The molecule has 31 heavy (non-hydrogen) atoms. The number of carbonyl (C=O) groups is 1. The second-order valence-corrected chi connectivity index (χ2v) is 8.70. The van der Waals surface area contributed by atoms with Crippen molar-refractivity contribution < 1.29 is 9.18 Å². The Morgan fingerprint density at radius 3 is 2.55 bits per heavy atom. The average molecular weight is 443 g/mol.